The smallest absolute Gasteiger partial charge is 0.407 e. The molecule has 12 heteroatoms. The number of amides is 1. The van der Waals surface area contributed by atoms with Crippen LogP contribution in [-0.4, -0.2) is 42.3 Å². The predicted molar refractivity (Wildman–Crippen MR) is 125 cm³/mol. The summed E-state index contributed by atoms with van der Waals surface area (Å²) in [7, 11) is -4.01. The molecular formula is C23H29F2N5O4S. The molecule has 9 nitrogen and oxygen atoms in total. The molecule has 4 atom stereocenters. The molecule has 1 amide bonds. The lowest BCUT2D eigenvalue weighted by molar-refractivity contribution is 0.0649. The summed E-state index contributed by atoms with van der Waals surface area (Å²) in [4.78, 5) is 20.5. The van der Waals surface area contributed by atoms with E-state index in [0.717, 1.165) is 30.9 Å². The topological polar surface area (TPSA) is 136 Å². The van der Waals surface area contributed by atoms with Gasteiger partial charge in [0.05, 0.1) is 16.1 Å². The van der Waals surface area contributed by atoms with Crippen LogP contribution in [0.25, 0.3) is 0 Å². The van der Waals surface area contributed by atoms with Crippen LogP contribution in [0.2, 0.25) is 0 Å². The monoisotopic (exact) mass is 509 g/mol. The maximum Gasteiger partial charge on any atom is 0.407 e. The third-order valence-electron chi connectivity index (χ3n) is 6.80. The summed E-state index contributed by atoms with van der Waals surface area (Å²) in [6, 6.07) is 3.25. The van der Waals surface area contributed by atoms with Crippen LogP contribution < -0.4 is 15.8 Å². The van der Waals surface area contributed by atoms with E-state index in [1.807, 2.05) is 0 Å². The molecular weight excluding hydrogens is 480 g/mol. The SMILES string of the molecule is C[C@@]1(NC(=O)O[C@@H]2CC[C@H](c3cnc(Nc4ccc(S(N)(=O)=O)cc4F)nc3)C2)CCCC[C@H]1F. The van der Waals surface area contributed by atoms with Crippen molar-refractivity contribution in [2.45, 2.75) is 80.5 Å². The Morgan fingerprint density at radius 2 is 1.94 bits per heavy atom. The Kier molecular flexibility index (Phi) is 7.22. The van der Waals surface area contributed by atoms with Gasteiger partial charge in [-0.05, 0) is 68.7 Å². The number of carbonyl (C=O) groups is 1. The van der Waals surface area contributed by atoms with E-state index in [1.54, 1.807) is 19.3 Å². The molecule has 1 aromatic heterocycles. The van der Waals surface area contributed by atoms with E-state index < -0.39 is 33.6 Å². The third-order valence-corrected chi connectivity index (χ3v) is 7.71. The Morgan fingerprint density at radius 3 is 2.60 bits per heavy atom. The van der Waals surface area contributed by atoms with Crippen LogP contribution in [0.1, 0.15) is 63.4 Å². The van der Waals surface area contributed by atoms with E-state index in [9.17, 15) is 22.0 Å². The lowest BCUT2D eigenvalue weighted by atomic mass is 9.82. The number of carbonyl (C=O) groups excluding carboxylic acids is 1. The Hall–Kier alpha value is -2.86. The first kappa shape index (κ1) is 25.2. The zero-order valence-corrected chi connectivity index (χ0v) is 20.2. The number of halogens is 2. The zero-order chi connectivity index (χ0) is 25.2. The van der Waals surface area contributed by atoms with Crippen LogP contribution in [0.5, 0.6) is 0 Å². The quantitative estimate of drug-likeness (QED) is 0.535. The van der Waals surface area contributed by atoms with E-state index in [4.69, 9.17) is 9.88 Å². The van der Waals surface area contributed by atoms with E-state index in [0.29, 0.717) is 25.7 Å². The van der Waals surface area contributed by atoms with Gasteiger partial charge in [0, 0.05) is 12.4 Å². The number of alkyl carbamates (subject to hydrolysis) is 1. The van der Waals surface area contributed by atoms with Gasteiger partial charge in [0.1, 0.15) is 18.1 Å². The van der Waals surface area contributed by atoms with Gasteiger partial charge < -0.3 is 15.4 Å². The fraction of sp³-hybridized carbons (Fsp3) is 0.522. The Morgan fingerprint density at radius 1 is 1.20 bits per heavy atom. The average molecular weight is 510 g/mol. The van der Waals surface area contributed by atoms with Gasteiger partial charge in [-0.2, -0.15) is 0 Å². The Balaban J connectivity index is 1.31. The maximum atomic E-state index is 14.3. The standard InChI is InChI=1S/C23H29F2N5O4S/c1-23(9-3-2-4-20(23)25)30-22(31)34-16-6-5-14(10-16)15-12-27-21(28-13-15)29-19-8-7-17(11-18(19)24)35(26,32)33/h7-8,11-14,16,20H,2-6,9-10H2,1H3,(H,30,31)(H2,26,32,33)(H,27,28,29)/t14-,16+,20+,23+/m0/s1. The molecule has 2 aromatic rings. The molecule has 1 heterocycles. The van der Waals surface area contributed by atoms with Gasteiger partial charge in [-0.3, -0.25) is 0 Å². The number of hydrogen-bond acceptors (Lipinski definition) is 7. The molecule has 0 aliphatic heterocycles. The number of nitrogens with one attached hydrogen (secondary N) is 2. The summed E-state index contributed by atoms with van der Waals surface area (Å²) < 4.78 is 56.8. The fourth-order valence-electron chi connectivity index (χ4n) is 4.70. The minimum Gasteiger partial charge on any atom is -0.446 e. The molecule has 0 spiro atoms. The lowest BCUT2D eigenvalue weighted by Gasteiger charge is -2.37. The number of hydrogen-bond donors (Lipinski definition) is 3. The summed E-state index contributed by atoms with van der Waals surface area (Å²) in [6.07, 6.45) is 6.09. The van der Waals surface area contributed by atoms with E-state index in [2.05, 4.69) is 20.6 Å². The normalized spacial score (nSPS) is 26.8. The first-order valence-corrected chi connectivity index (χ1v) is 13.1. The molecule has 0 unspecified atom stereocenters. The third kappa shape index (κ3) is 6.04. The molecule has 1 aromatic carbocycles. The molecule has 35 heavy (non-hydrogen) atoms. The minimum absolute atomic E-state index is 0.00710. The Bertz CT molecular complexity index is 1180. The van der Waals surface area contributed by atoms with Crippen molar-refractivity contribution in [1.82, 2.24) is 15.3 Å². The van der Waals surface area contributed by atoms with Crippen molar-refractivity contribution < 1.29 is 26.7 Å². The molecule has 0 bridgehead atoms. The summed E-state index contributed by atoms with van der Waals surface area (Å²) in [5.74, 6) is -0.575. The highest BCUT2D eigenvalue weighted by molar-refractivity contribution is 7.89. The predicted octanol–water partition coefficient (Wildman–Crippen LogP) is 4.04. The number of anilines is 2. The molecule has 2 aliphatic carbocycles. The van der Waals surface area contributed by atoms with Crippen LogP contribution in [-0.2, 0) is 14.8 Å². The number of alkyl halides is 1. The molecule has 0 radical (unpaired) electrons. The van der Waals surface area contributed by atoms with Gasteiger partial charge >= 0.3 is 6.09 Å². The van der Waals surface area contributed by atoms with Crippen molar-refractivity contribution in [3.05, 3.63) is 42.0 Å². The molecule has 4 N–H and O–H groups in total. The van der Waals surface area contributed by atoms with Crippen LogP contribution in [0, 0.1) is 5.82 Å². The highest BCUT2D eigenvalue weighted by Gasteiger charge is 2.39. The first-order valence-electron chi connectivity index (χ1n) is 11.6. The number of aromatic nitrogens is 2. The summed E-state index contributed by atoms with van der Waals surface area (Å²) in [6.45, 7) is 1.73. The zero-order valence-electron chi connectivity index (χ0n) is 19.3. The number of benzene rings is 1. The molecule has 190 valence electrons. The first-order chi connectivity index (χ1) is 16.5. The number of nitrogens with zero attached hydrogens (tertiary/aromatic N) is 2. The second-order valence-corrected chi connectivity index (χ2v) is 11.0. The van der Waals surface area contributed by atoms with Crippen LogP contribution in [0.3, 0.4) is 0 Å². The van der Waals surface area contributed by atoms with Crippen LogP contribution >= 0.6 is 0 Å². The number of sulfonamides is 1. The van der Waals surface area contributed by atoms with Gasteiger partial charge in [0.25, 0.3) is 0 Å². The van der Waals surface area contributed by atoms with Crippen molar-refractivity contribution in [1.29, 1.82) is 0 Å². The number of ether oxygens (including phenoxy) is 1. The average Bonchev–Trinajstić information content (AvgIpc) is 3.25. The number of primary sulfonamides is 1. The molecule has 2 fully saturated rings. The maximum absolute atomic E-state index is 14.3. The van der Waals surface area contributed by atoms with Crippen molar-refractivity contribution in [3.63, 3.8) is 0 Å². The van der Waals surface area contributed by atoms with Crippen molar-refractivity contribution in [2.75, 3.05) is 5.32 Å². The van der Waals surface area contributed by atoms with Gasteiger partial charge in [-0.25, -0.2) is 37.1 Å². The summed E-state index contributed by atoms with van der Waals surface area (Å²) in [5, 5.41) is 10.5. The van der Waals surface area contributed by atoms with Gasteiger partial charge in [-0.15, -0.1) is 0 Å². The highest BCUT2D eigenvalue weighted by atomic mass is 32.2. The highest BCUT2D eigenvalue weighted by Crippen LogP contribution is 2.36. The molecule has 0 saturated heterocycles. The van der Waals surface area contributed by atoms with E-state index in [1.165, 1.54) is 12.1 Å². The van der Waals surface area contributed by atoms with Gasteiger partial charge in [-0.1, -0.05) is 12.8 Å². The molecule has 2 aliphatic rings. The minimum atomic E-state index is -4.01. The number of rotatable bonds is 6. The lowest BCUT2D eigenvalue weighted by Crippen LogP contribution is -2.54. The Labute approximate surface area is 202 Å². The van der Waals surface area contributed by atoms with Gasteiger partial charge in [0.2, 0.25) is 16.0 Å². The molecule has 2 saturated carbocycles. The second kappa shape index (κ2) is 10.0. The van der Waals surface area contributed by atoms with Gasteiger partial charge in [0.15, 0.2) is 0 Å². The summed E-state index contributed by atoms with van der Waals surface area (Å²) in [5.41, 5.74) is -0.0228. The molecule has 4 rings (SSSR count). The number of nitrogens with two attached hydrogens (primary N) is 1. The fourth-order valence-corrected chi connectivity index (χ4v) is 5.23. The summed E-state index contributed by atoms with van der Waals surface area (Å²) >= 11 is 0. The van der Waals surface area contributed by atoms with Crippen molar-refractivity contribution in [3.8, 4) is 0 Å². The van der Waals surface area contributed by atoms with E-state index in [-0.39, 0.29) is 28.6 Å². The largest absolute Gasteiger partial charge is 0.446 e. The van der Waals surface area contributed by atoms with E-state index >= 15 is 0 Å². The van der Waals surface area contributed by atoms with Crippen LogP contribution in [0.15, 0.2) is 35.5 Å². The van der Waals surface area contributed by atoms with Crippen LogP contribution in [0.4, 0.5) is 25.2 Å². The van der Waals surface area contributed by atoms with Crippen molar-refractivity contribution >= 4 is 27.8 Å². The second-order valence-electron chi connectivity index (χ2n) is 9.44. The van der Waals surface area contributed by atoms with Crippen molar-refractivity contribution in [2.24, 2.45) is 5.14 Å².